The molecule has 5 nitrogen and oxygen atoms in total. The van der Waals surface area contributed by atoms with Gasteiger partial charge in [0.05, 0.1) is 0 Å². The Balaban J connectivity index is 0.00000324. The van der Waals surface area contributed by atoms with Crippen LogP contribution in [0.25, 0.3) is 0 Å². The van der Waals surface area contributed by atoms with Crippen LogP contribution in [0.1, 0.15) is 19.3 Å². The highest BCUT2D eigenvalue weighted by molar-refractivity contribution is 6.27. The number of nitrogens with zero attached hydrogens (tertiary/aromatic N) is 2. The molecule has 0 bridgehead atoms. The Morgan fingerprint density at radius 3 is 2.47 bits per heavy atom. The fourth-order valence-corrected chi connectivity index (χ4v) is 2.21. The summed E-state index contributed by atoms with van der Waals surface area (Å²) < 4.78 is 0. The molecule has 1 aliphatic rings. The van der Waals surface area contributed by atoms with Crippen molar-refractivity contribution in [2.24, 2.45) is 0 Å². The molecular formula is C12H23Cl2N3O2. The zero-order chi connectivity index (χ0) is 13.5. The molecule has 1 saturated heterocycles. The number of amides is 2. The summed E-state index contributed by atoms with van der Waals surface area (Å²) in [6.07, 6.45) is 2.38. The minimum absolute atomic E-state index is 0. The van der Waals surface area contributed by atoms with E-state index >= 15 is 0 Å². The largest absolute Gasteiger partial charge is 0.355 e. The molecule has 7 heteroatoms. The van der Waals surface area contributed by atoms with E-state index in [1.165, 1.54) is 0 Å². The number of hydrogen-bond donors (Lipinski definition) is 1. The number of nitrogens with one attached hydrogen (secondary N) is 1. The molecule has 19 heavy (non-hydrogen) atoms. The quantitative estimate of drug-likeness (QED) is 0.761. The first kappa shape index (κ1) is 18.5. The average molecular weight is 312 g/mol. The second-order valence-corrected chi connectivity index (χ2v) is 5.04. The zero-order valence-corrected chi connectivity index (χ0v) is 13.1. The molecule has 0 spiro atoms. The van der Waals surface area contributed by atoms with E-state index in [1.54, 1.807) is 0 Å². The summed E-state index contributed by atoms with van der Waals surface area (Å²) in [5.41, 5.74) is 0. The summed E-state index contributed by atoms with van der Waals surface area (Å²) in [5, 5.41) is 2.60. The third-order valence-electron chi connectivity index (χ3n) is 3.41. The lowest BCUT2D eigenvalue weighted by Crippen LogP contribution is -2.45. The molecule has 1 aliphatic heterocycles. The molecule has 1 fully saturated rings. The van der Waals surface area contributed by atoms with Crippen molar-refractivity contribution < 1.29 is 9.59 Å². The van der Waals surface area contributed by atoms with Gasteiger partial charge in [-0.2, -0.15) is 0 Å². The van der Waals surface area contributed by atoms with Crippen LogP contribution < -0.4 is 5.32 Å². The third-order valence-corrected chi connectivity index (χ3v) is 3.65. The topological polar surface area (TPSA) is 52.6 Å². The highest BCUT2D eigenvalue weighted by Gasteiger charge is 2.23. The van der Waals surface area contributed by atoms with Crippen molar-refractivity contribution >= 4 is 35.8 Å². The van der Waals surface area contributed by atoms with Crippen molar-refractivity contribution in [1.29, 1.82) is 0 Å². The molecule has 1 rings (SSSR count). The van der Waals surface area contributed by atoms with Crippen LogP contribution in [0.2, 0.25) is 0 Å². The van der Waals surface area contributed by atoms with Crippen molar-refractivity contribution in [1.82, 2.24) is 15.1 Å². The van der Waals surface area contributed by atoms with Gasteiger partial charge >= 0.3 is 0 Å². The first-order valence-corrected chi connectivity index (χ1v) is 6.85. The van der Waals surface area contributed by atoms with Crippen LogP contribution in [0.4, 0.5) is 0 Å². The molecule has 1 N–H and O–H groups in total. The number of carbonyl (C=O) groups excluding carboxylic acids is 2. The van der Waals surface area contributed by atoms with E-state index < -0.39 is 0 Å². The second kappa shape index (κ2) is 9.39. The molecule has 2 amide bonds. The van der Waals surface area contributed by atoms with Crippen molar-refractivity contribution in [3.8, 4) is 0 Å². The lowest BCUT2D eigenvalue weighted by atomic mass is 10.0. The van der Waals surface area contributed by atoms with Crippen molar-refractivity contribution in [2.45, 2.75) is 25.3 Å². The predicted octanol–water partition coefficient (Wildman–Crippen LogP) is 0.706. The van der Waals surface area contributed by atoms with E-state index in [2.05, 4.69) is 17.3 Å². The molecule has 0 aromatic carbocycles. The minimum atomic E-state index is -0.230. The summed E-state index contributed by atoms with van der Waals surface area (Å²) in [6.45, 7) is 2.43. The van der Waals surface area contributed by atoms with Gasteiger partial charge in [0.25, 0.3) is 0 Å². The van der Waals surface area contributed by atoms with Gasteiger partial charge in [0, 0.05) is 26.1 Å². The maximum absolute atomic E-state index is 11.9. The van der Waals surface area contributed by atoms with Crippen LogP contribution in [-0.2, 0) is 9.59 Å². The van der Waals surface area contributed by atoms with E-state index in [0.717, 1.165) is 25.9 Å². The van der Waals surface area contributed by atoms with Crippen LogP contribution in [-0.4, -0.2) is 67.3 Å². The Morgan fingerprint density at radius 1 is 1.37 bits per heavy atom. The van der Waals surface area contributed by atoms with Crippen molar-refractivity contribution in [3.63, 3.8) is 0 Å². The normalized spacial score (nSPS) is 16.6. The van der Waals surface area contributed by atoms with Gasteiger partial charge in [-0.15, -0.1) is 24.0 Å². The van der Waals surface area contributed by atoms with Gasteiger partial charge in [0.15, 0.2) is 0 Å². The fourth-order valence-electron chi connectivity index (χ4n) is 2.12. The molecule has 1 heterocycles. The SMILES string of the molecule is CN1CCC(N(C)C(=O)CCNC(=O)CCl)CC1.Cl. The first-order valence-electron chi connectivity index (χ1n) is 6.31. The predicted molar refractivity (Wildman–Crippen MR) is 78.9 cm³/mol. The van der Waals surface area contributed by atoms with Crippen LogP contribution >= 0.6 is 24.0 Å². The van der Waals surface area contributed by atoms with Gasteiger partial charge in [0.1, 0.15) is 5.88 Å². The third kappa shape index (κ3) is 6.45. The van der Waals surface area contributed by atoms with E-state index in [1.807, 2.05) is 11.9 Å². The van der Waals surface area contributed by atoms with Crippen LogP contribution in [0, 0.1) is 0 Å². The monoisotopic (exact) mass is 311 g/mol. The number of carbonyl (C=O) groups is 2. The number of likely N-dealkylation sites (tertiary alicyclic amines) is 1. The zero-order valence-electron chi connectivity index (χ0n) is 11.5. The Bertz CT molecular complexity index is 295. The average Bonchev–Trinajstić information content (AvgIpc) is 2.38. The van der Waals surface area contributed by atoms with Gasteiger partial charge in [-0.05, 0) is 33.0 Å². The van der Waals surface area contributed by atoms with Gasteiger partial charge in [0.2, 0.25) is 11.8 Å². The smallest absolute Gasteiger partial charge is 0.234 e. The molecule has 0 aliphatic carbocycles. The molecular weight excluding hydrogens is 289 g/mol. The van der Waals surface area contributed by atoms with Crippen LogP contribution in [0.3, 0.4) is 0 Å². The van der Waals surface area contributed by atoms with Gasteiger partial charge in [-0.25, -0.2) is 0 Å². The Morgan fingerprint density at radius 2 is 1.95 bits per heavy atom. The summed E-state index contributed by atoms with van der Waals surface area (Å²) in [4.78, 5) is 26.9. The summed E-state index contributed by atoms with van der Waals surface area (Å²) in [6, 6.07) is 0.331. The highest BCUT2D eigenvalue weighted by Crippen LogP contribution is 2.14. The second-order valence-electron chi connectivity index (χ2n) is 4.77. The summed E-state index contributed by atoms with van der Waals surface area (Å²) in [5.74, 6) is -0.204. The lowest BCUT2D eigenvalue weighted by Gasteiger charge is -2.35. The Hall–Kier alpha value is -0.520. The molecule has 0 radical (unpaired) electrons. The molecule has 0 unspecified atom stereocenters. The number of rotatable bonds is 5. The Labute approximate surface area is 126 Å². The first-order chi connectivity index (χ1) is 8.54. The summed E-state index contributed by atoms with van der Waals surface area (Å²) >= 11 is 5.35. The van der Waals surface area contributed by atoms with E-state index in [4.69, 9.17) is 11.6 Å². The number of hydrogen-bond acceptors (Lipinski definition) is 3. The van der Waals surface area contributed by atoms with Crippen LogP contribution in [0.5, 0.6) is 0 Å². The molecule has 0 atom stereocenters. The van der Waals surface area contributed by atoms with Crippen molar-refractivity contribution in [3.05, 3.63) is 0 Å². The van der Waals surface area contributed by atoms with Crippen molar-refractivity contribution in [2.75, 3.05) is 39.6 Å². The standard InChI is InChI=1S/C12H22ClN3O2.ClH/c1-15-7-4-10(5-8-15)16(2)12(18)3-6-14-11(17)9-13;/h10H,3-9H2,1-2H3,(H,14,17);1H. The maximum Gasteiger partial charge on any atom is 0.234 e. The highest BCUT2D eigenvalue weighted by atomic mass is 35.5. The van der Waals surface area contributed by atoms with Gasteiger partial charge < -0.3 is 15.1 Å². The van der Waals surface area contributed by atoms with Crippen LogP contribution in [0.15, 0.2) is 0 Å². The molecule has 0 saturated carbocycles. The number of alkyl halides is 1. The molecule has 0 aromatic rings. The van der Waals surface area contributed by atoms with E-state index in [-0.39, 0.29) is 30.1 Å². The molecule has 112 valence electrons. The number of halogens is 2. The molecule has 0 aromatic heterocycles. The summed E-state index contributed by atoms with van der Waals surface area (Å²) in [7, 11) is 3.95. The van der Waals surface area contributed by atoms with Gasteiger partial charge in [-0.1, -0.05) is 0 Å². The maximum atomic E-state index is 11.9. The van der Waals surface area contributed by atoms with E-state index in [9.17, 15) is 9.59 Å². The fraction of sp³-hybridized carbons (Fsp3) is 0.833. The minimum Gasteiger partial charge on any atom is -0.355 e. The van der Waals surface area contributed by atoms with Gasteiger partial charge in [-0.3, -0.25) is 9.59 Å². The number of piperidine rings is 1. The van der Waals surface area contributed by atoms with E-state index in [0.29, 0.717) is 19.0 Å². The lowest BCUT2D eigenvalue weighted by molar-refractivity contribution is -0.132. The Kier molecular flexibility index (Phi) is 9.14.